The molecule has 25 heavy (non-hydrogen) atoms. The Morgan fingerprint density at radius 2 is 1.76 bits per heavy atom. The van der Waals surface area contributed by atoms with E-state index in [0.717, 1.165) is 38.4 Å². The van der Waals surface area contributed by atoms with Crippen LogP contribution in [0.15, 0.2) is 59.8 Å². The fraction of sp³-hybridized carbons (Fsp3) is 0.316. The molecule has 0 unspecified atom stereocenters. The van der Waals surface area contributed by atoms with Crippen LogP contribution < -0.4 is 5.43 Å². The molecule has 1 amide bonds. The van der Waals surface area contributed by atoms with Gasteiger partial charge < -0.3 is 0 Å². The predicted octanol–water partition coefficient (Wildman–Crippen LogP) is 1.35. The molecule has 0 bridgehead atoms. The molecule has 0 radical (unpaired) electrons. The fourth-order valence-corrected chi connectivity index (χ4v) is 2.81. The highest BCUT2D eigenvalue weighted by molar-refractivity contribution is 5.81. The van der Waals surface area contributed by atoms with Gasteiger partial charge in [0.25, 0.3) is 5.91 Å². The van der Waals surface area contributed by atoms with Crippen LogP contribution in [0.5, 0.6) is 0 Å². The number of amides is 1. The molecule has 2 aromatic rings. The maximum Gasteiger partial charge on any atom is 0.254 e. The second kappa shape index (κ2) is 9.05. The average Bonchev–Trinajstić information content (AvgIpc) is 2.65. The van der Waals surface area contributed by atoms with Gasteiger partial charge in [-0.2, -0.15) is 5.10 Å². The molecule has 1 fully saturated rings. The number of carbonyl (C=O) groups is 1. The fourth-order valence-electron chi connectivity index (χ4n) is 2.81. The van der Waals surface area contributed by atoms with Crippen LogP contribution in [0, 0.1) is 0 Å². The second-order valence-corrected chi connectivity index (χ2v) is 6.09. The summed E-state index contributed by atoms with van der Waals surface area (Å²) in [5.74, 6) is -0.0938. The van der Waals surface area contributed by atoms with Gasteiger partial charge in [-0.1, -0.05) is 36.4 Å². The van der Waals surface area contributed by atoms with Gasteiger partial charge in [0.15, 0.2) is 0 Å². The van der Waals surface area contributed by atoms with E-state index in [-0.39, 0.29) is 5.91 Å². The first kappa shape index (κ1) is 17.3. The van der Waals surface area contributed by atoms with Gasteiger partial charge in [-0.3, -0.25) is 19.6 Å². The zero-order chi connectivity index (χ0) is 17.3. The molecule has 1 aliphatic heterocycles. The van der Waals surface area contributed by atoms with Gasteiger partial charge in [0.05, 0.1) is 18.5 Å². The maximum atomic E-state index is 12.0. The van der Waals surface area contributed by atoms with Crippen molar-refractivity contribution in [2.75, 3.05) is 32.7 Å². The van der Waals surface area contributed by atoms with Crippen LogP contribution in [-0.4, -0.2) is 59.6 Å². The number of hydrogen-bond donors (Lipinski definition) is 1. The summed E-state index contributed by atoms with van der Waals surface area (Å²) in [5, 5.41) is 3.95. The van der Waals surface area contributed by atoms with Crippen LogP contribution in [0.1, 0.15) is 11.3 Å². The van der Waals surface area contributed by atoms with E-state index in [4.69, 9.17) is 0 Å². The van der Waals surface area contributed by atoms with E-state index >= 15 is 0 Å². The summed E-state index contributed by atoms with van der Waals surface area (Å²) in [4.78, 5) is 20.7. The highest BCUT2D eigenvalue weighted by Crippen LogP contribution is 2.08. The van der Waals surface area contributed by atoms with Crippen molar-refractivity contribution in [3.63, 3.8) is 0 Å². The average molecular weight is 337 g/mol. The third-order valence-electron chi connectivity index (χ3n) is 4.15. The zero-order valence-corrected chi connectivity index (χ0v) is 14.2. The van der Waals surface area contributed by atoms with Crippen LogP contribution in [0.2, 0.25) is 0 Å². The van der Waals surface area contributed by atoms with Crippen molar-refractivity contribution in [1.82, 2.24) is 20.2 Å². The van der Waals surface area contributed by atoms with E-state index in [9.17, 15) is 4.79 Å². The number of piperazine rings is 1. The number of pyridine rings is 1. The molecule has 1 aromatic carbocycles. The van der Waals surface area contributed by atoms with E-state index in [0.29, 0.717) is 6.54 Å². The van der Waals surface area contributed by atoms with Crippen molar-refractivity contribution in [2.45, 2.75) is 6.54 Å². The maximum absolute atomic E-state index is 12.0. The van der Waals surface area contributed by atoms with E-state index < -0.39 is 0 Å². The number of aromatic nitrogens is 1. The Bertz CT molecular complexity index is 681. The molecule has 1 aliphatic rings. The smallest absolute Gasteiger partial charge is 0.254 e. The largest absolute Gasteiger partial charge is 0.297 e. The van der Waals surface area contributed by atoms with Crippen molar-refractivity contribution >= 4 is 12.1 Å². The number of carbonyl (C=O) groups excluding carboxylic acids is 1. The van der Waals surface area contributed by atoms with Crippen molar-refractivity contribution in [3.05, 3.63) is 66.0 Å². The summed E-state index contributed by atoms with van der Waals surface area (Å²) in [6.45, 7) is 5.07. The molecule has 6 nitrogen and oxygen atoms in total. The Hall–Kier alpha value is -2.57. The van der Waals surface area contributed by atoms with Gasteiger partial charge in [-0.25, -0.2) is 5.43 Å². The number of nitrogens with one attached hydrogen (secondary N) is 1. The van der Waals surface area contributed by atoms with E-state index in [1.807, 2.05) is 24.3 Å². The van der Waals surface area contributed by atoms with Gasteiger partial charge in [0.1, 0.15) is 0 Å². The molecule has 1 saturated heterocycles. The molecule has 6 heteroatoms. The van der Waals surface area contributed by atoms with Crippen molar-refractivity contribution in [1.29, 1.82) is 0 Å². The molecule has 0 atom stereocenters. The first-order chi connectivity index (χ1) is 12.3. The van der Waals surface area contributed by atoms with Crippen LogP contribution in [-0.2, 0) is 11.3 Å². The minimum atomic E-state index is -0.0938. The number of hydrogen-bond acceptors (Lipinski definition) is 5. The summed E-state index contributed by atoms with van der Waals surface area (Å²) in [6, 6.07) is 16.0. The van der Waals surface area contributed by atoms with E-state index in [1.165, 1.54) is 5.56 Å². The lowest BCUT2D eigenvalue weighted by molar-refractivity contribution is -0.122. The van der Waals surface area contributed by atoms with Crippen molar-refractivity contribution in [3.8, 4) is 0 Å². The molecule has 0 spiro atoms. The molecule has 130 valence electrons. The molecule has 2 heterocycles. The Labute approximate surface area is 148 Å². The lowest BCUT2D eigenvalue weighted by Crippen LogP contribution is -2.48. The zero-order valence-electron chi connectivity index (χ0n) is 14.2. The van der Waals surface area contributed by atoms with E-state index in [2.05, 4.69) is 49.6 Å². The minimum absolute atomic E-state index is 0.0938. The van der Waals surface area contributed by atoms with Crippen LogP contribution in [0.25, 0.3) is 0 Å². The summed E-state index contributed by atoms with van der Waals surface area (Å²) in [7, 11) is 0. The van der Waals surface area contributed by atoms with Gasteiger partial charge in [0, 0.05) is 38.9 Å². The molecule has 0 saturated carbocycles. The summed E-state index contributed by atoms with van der Waals surface area (Å²) >= 11 is 0. The quantitative estimate of drug-likeness (QED) is 0.638. The van der Waals surface area contributed by atoms with Gasteiger partial charge in [0.2, 0.25) is 0 Å². The minimum Gasteiger partial charge on any atom is -0.297 e. The Balaban J connectivity index is 1.37. The summed E-state index contributed by atoms with van der Waals surface area (Å²) in [5.41, 5.74) is 4.62. The first-order valence-electron chi connectivity index (χ1n) is 8.51. The predicted molar refractivity (Wildman–Crippen MR) is 98.1 cm³/mol. The highest BCUT2D eigenvalue weighted by Gasteiger charge is 2.18. The molecular formula is C19H23N5O. The number of benzene rings is 1. The molecule has 1 aromatic heterocycles. The normalized spacial score (nSPS) is 16.2. The number of nitrogens with zero attached hydrogens (tertiary/aromatic N) is 4. The van der Waals surface area contributed by atoms with Crippen LogP contribution >= 0.6 is 0 Å². The van der Waals surface area contributed by atoms with Gasteiger partial charge >= 0.3 is 0 Å². The second-order valence-electron chi connectivity index (χ2n) is 6.09. The number of hydrazone groups is 1. The molecule has 1 N–H and O–H groups in total. The standard InChI is InChI=1S/C19H23N5O/c25-19(22-21-14-18-8-4-5-9-20-18)16-24-12-10-23(11-13-24)15-17-6-2-1-3-7-17/h1-9,14H,10-13,15-16H2,(H,22,25)/b21-14-. The third kappa shape index (κ3) is 5.77. The van der Waals surface area contributed by atoms with Gasteiger partial charge in [-0.05, 0) is 17.7 Å². The number of rotatable bonds is 6. The Morgan fingerprint density at radius 1 is 1.04 bits per heavy atom. The van der Waals surface area contributed by atoms with E-state index in [1.54, 1.807) is 12.4 Å². The van der Waals surface area contributed by atoms with Crippen LogP contribution in [0.4, 0.5) is 0 Å². The third-order valence-corrected chi connectivity index (χ3v) is 4.15. The molecule has 3 rings (SSSR count). The van der Waals surface area contributed by atoms with Crippen molar-refractivity contribution < 1.29 is 4.79 Å². The SMILES string of the molecule is O=C(CN1CCN(Cc2ccccc2)CC1)N/N=C\c1ccccn1. The lowest BCUT2D eigenvalue weighted by Gasteiger charge is -2.34. The first-order valence-corrected chi connectivity index (χ1v) is 8.51. The van der Waals surface area contributed by atoms with Crippen LogP contribution in [0.3, 0.4) is 0 Å². The topological polar surface area (TPSA) is 60.8 Å². The Morgan fingerprint density at radius 3 is 2.48 bits per heavy atom. The molecular weight excluding hydrogens is 314 g/mol. The van der Waals surface area contributed by atoms with Crippen molar-refractivity contribution in [2.24, 2.45) is 5.10 Å². The monoisotopic (exact) mass is 337 g/mol. The Kier molecular flexibility index (Phi) is 6.25. The highest BCUT2D eigenvalue weighted by atomic mass is 16.2. The lowest BCUT2D eigenvalue weighted by atomic mass is 10.2. The summed E-state index contributed by atoms with van der Waals surface area (Å²) in [6.07, 6.45) is 3.24. The summed E-state index contributed by atoms with van der Waals surface area (Å²) < 4.78 is 0. The van der Waals surface area contributed by atoms with Gasteiger partial charge in [-0.15, -0.1) is 0 Å². The molecule has 0 aliphatic carbocycles.